The number of hydrogen-bond acceptors (Lipinski definition) is 2. The van der Waals surface area contributed by atoms with Crippen LogP contribution in [0.5, 0.6) is 0 Å². The first-order valence-corrected chi connectivity index (χ1v) is 3.71. The number of carbonyl (C=O) groups excluding carboxylic acids is 1. The summed E-state index contributed by atoms with van der Waals surface area (Å²) in [6.45, 7) is 2.32. The van der Waals surface area contributed by atoms with E-state index in [1.807, 2.05) is 0 Å². The van der Waals surface area contributed by atoms with Gasteiger partial charge in [-0.2, -0.15) is 0 Å². The van der Waals surface area contributed by atoms with Crippen LogP contribution in [0.2, 0.25) is 0 Å². The van der Waals surface area contributed by atoms with Crippen LogP contribution in [0.3, 0.4) is 0 Å². The molecule has 0 bridgehead atoms. The molecule has 1 amide bonds. The van der Waals surface area contributed by atoms with Gasteiger partial charge in [-0.25, -0.2) is 0 Å². The molecule has 1 rings (SSSR count). The molecule has 1 aromatic heterocycles. The molecule has 0 atom stereocenters. The maximum Gasteiger partial charge on any atom is 0.256 e. The van der Waals surface area contributed by atoms with Crippen molar-refractivity contribution in [2.45, 2.75) is 6.92 Å². The highest BCUT2D eigenvalue weighted by Gasteiger charge is 2.06. The van der Waals surface area contributed by atoms with Gasteiger partial charge in [0.1, 0.15) is 5.56 Å². The van der Waals surface area contributed by atoms with Crippen molar-refractivity contribution in [2.24, 2.45) is 0 Å². The molecule has 0 radical (unpaired) electrons. The summed E-state index contributed by atoms with van der Waals surface area (Å²) in [6, 6.07) is 1.32. The van der Waals surface area contributed by atoms with E-state index in [-0.39, 0.29) is 16.9 Å². The van der Waals surface area contributed by atoms with Crippen molar-refractivity contribution in [2.75, 3.05) is 6.54 Å². The second-order valence-electron chi connectivity index (χ2n) is 2.28. The molecule has 0 aromatic carbocycles. The van der Waals surface area contributed by atoms with Gasteiger partial charge in [0.05, 0.1) is 0 Å². The van der Waals surface area contributed by atoms with E-state index in [0.29, 0.717) is 6.54 Å². The normalized spacial score (nSPS) is 9.42. The maximum atomic E-state index is 11.1. The maximum absolute atomic E-state index is 11.1. The van der Waals surface area contributed by atoms with Crippen molar-refractivity contribution in [1.29, 1.82) is 0 Å². The number of hydrogen-bond donors (Lipinski definition) is 2. The van der Waals surface area contributed by atoms with E-state index in [9.17, 15) is 9.59 Å². The fourth-order valence-corrected chi connectivity index (χ4v) is 0.849. The third kappa shape index (κ3) is 1.72. The van der Waals surface area contributed by atoms with E-state index < -0.39 is 0 Å². The molecular weight excluding hydrogens is 156 g/mol. The summed E-state index contributed by atoms with van der Waals surface area (Å²) in [5.74, 6) is -0.334. The Morgan fingerprint density at radius 3 is 3.00 bits per heavy atom. The molecular formula is C8H10N2O2. The van der Waals surface area contributed by atoms with Gasteiger partial charge in [0.2, 0.25) is 0 Å². The summed E-state index contributed by atoms with van der Waals surface area (Å²) < 4.78 is 0. The van der Waals surface area contributed by atoms with E-state index in [0.717, 1.165) is 0 Å². The molecule has 12 heavy (non-hydrogen) atoms. The molecule has 0 aliphatic rings. The molecule has 2 N–H and O–H groups in total. The quantitative estimate of drug-likeness (QED) is 0.655. The van der Waals surface area contributed by atoms with Crippen LogP contribution in [-0.4, -0.2) is 17.4 Å². The van der Waals surface area contributed by atoms with Crippen LogP contribution in [0.4, 0.5) is 0 Å². The fourth-order valence-electron chi connectivity index (χ4n) is 0.849. The van der Waals surface area contributed by atoms with Gasteiger partial charge in [-0.05, 0) is 6.92 Å². The van der Waals surface area contributed by atoms with Gasteiger partial charge in [-0.3, -0.25) is 9.59 Å². The molecule has 0 fully saturated rings. The minimum atomic E-state index is -0.334. The minimum Gasteiger partial charge on any atom is -0.367 e. The van der Waals surface area contributed by atoms with E-state index in [1.165, 1.54) is 18.5 Å². The SMILES string of the molecule is CCNC(=O)c1c[nH]ccc1=O. The summed E-state index contributed by atoms with van der Waals surface area (Å²) in [4.78, 5) is 24.9. The lowest BCUT2D eigenvalue weighted by Gasteiger charge is -1.98. The van der Waals surface area contributed by atoms with Gasteiger partial charge in [-0.15, -0.1) is 0 Å². The zero-order valence-corrected chi connectivity index (χ0v) is 6.76. The van der Waals surface area contributed by atoms with Crippen molar-refractivity contribution in [3.05, 3.63) is 34.2 Å². The van der Waals surface area contributed by atoms with Crippen LogP contribution in [-0.2, 0) is 0 Å². The first-order chi connectivity index (χ1) is 5.75. The Morgan fingerprint density at radius 1 is 1.67 bits per heavy atom. The van der Waals surface area contributed by atoms with Crippen LogP contribution in [0, 0.1) is 0 Å². The standard InChI is InChI=1S/C8H10N2O2/c1-2-10-8(12)6-5-9-4-3-7(6)11/h3-5H,2H2,1H3,(H,9,11)(H,10,12). The molecule has 0 aliphatic carbocycles. The Bertz CT molecular complexity index is 330. The molecule has 4 nitrogen and oxygen atoms in total. The number of carbonyl (C=O) groups is 1. The lowest BCUT2D eigenvalue weighted by molar-refractivity contribution is 0.0954. The van der Waals surface area contributed by atoms with Crippen LogP contribution >= 0.6 is 0 Å². The van der Waals surface area contributed by atoms with Gasteiger partial charge in [0.15, 0.2) is 5.43 Å². The second-order valence-corrected chi connectivity index (χ2v) is 2.28. The lowest BCUT2D eigenvalue weighted by Crippen LogP contribution is -2.27. The number of rotatable bonds is 2. The molecule has 0 aliphatic heterocycles. The molecule has 1 heterocycles. The highest BCUT2D eigenvalue weighted by Crippen LogP contribution is 1.86. The Labute approximate surface area is 69.6 Å². The zero-order valence-electron chi connectivity index (χ0n) is 6.76. The highest BCUT2D eigenvalue weighted by molar-refractivity contribution is 5.93. The smallest absolute Gasteiger partial charge is 0.256 e. The molecule has 0 saturated heterocycles. The molecule has 4 heteroatoms. The first-order valence-electron chi connectivity index (χ1n) is 3.71. The average Bonchev–Trinajstić information content (AvgIpc) is 2.05. The van der Waals surface area contributed by atoms with Crippen molar-refractivity contribution in [3.8, 4) is 0 Å². The highest BCUT2D eigenvalue weighted by atomic mass is 16.2. The summed E-state index contributed by atoms with van der Waals surface area (Å²) in [7, 11) is 0. The second kappa shape index (κ2) is 3.71. The summed E-state index contributed by atoms with van der Waals surface area (Å²) in [5.41, 5.74) is -0.112. The molecule has 64 valence electrons. The van der Waals surface area contributed by atoms with E-state index >= 15 is 0 Å². The van der Waals surface area contributed by atoms with E-state index in [1.54, 1.807) is 6.92 Å². The van der Waals surface area contributed by atoms with E-state index in [2.05, 4.69) is 10.3 Å². The van der Waals surface area contributed by atoms with Gasteiger partial charge in [-0.1, -0.05) is 0 Å². The molecule has 0 unspecified atom stereocenters. The number of aromatic nitrogens is 1. The van der Waals surface area contributed by atoms with Crippen LogP contribution in [0.15, 0.2) is 23.3 Å². The Balaban J connectivity index is 2.95. The third-order valence-corrected chi connectivity index (χ3v) is 1.41. The topological polar surface area (TPSA) is 62.0 Å². The minimum absolute atomic E-state index is 0.152. The van der Waals surface area contributed by atoms with Crippen molar-refractivity contribution in [1.82, 2.24) is 10.3 Å². The lowest BCUT2D eigenvalue weighted by atomic mass is 10.2. The van der Waals surface area contributed by atoms with Crippen molar-refractivity contribution < 1.29 is 4.79 Å². The van der Waals surface area contributed by atoms with Crippen LogP contribution in [0.25, 0.3) is 0 Å². The molecule has 1 aromatic rings. The number of amides is 1. The Hall–Kier alpha value is -1.58. The van der Waals surface area contributed by atoms with Gasteiger partial charge >= 0.3 is 0 Å². The van der Waals surface area contributed by atoms with Crippen LogP contribution < -0.4 is 10.7 Å². The van der Waals surface area contributed by atoms with E-state index in [4.69, 9.17) is 0 Å². The van der Waals surface area contributed by atoms with Crippen molar-refractivity contribution in [3.63, 3.8) is 0 Å². The van der Waals surface area contributed by atoms with Gasteiger partial charge in [0.25, 0.3) is 5.91 Å². The largest absolute Gasteiger partial charge is 0.367 e. The summed E-state index contributed by atoms with van der Waals surface area (Å²) in [5, 5.41) is 2.54. The summed E-state index contributed by atoms with van der Waals surface area (Å²) >= 11 is 0. The molecule has 0 spiro atoms. The van der Waals surface area contributed by atoms with Crippen LogP contribution in [0.1, 0.15) is 17.3 Å². The first kappa shape index (κ1) is 8.52. The predicted molar refractivity (Wildman–Crippen MR) is 45.1 cm³/mol. The number of H-pyrrole nitrogens is 1. The zero-order chi connectivity index (χ0) is 8.97. The van der Waals surface area contributed by atoms with Gasteiger partial charge in [0, 0.05) is 25.0 Å². The Kier molecular flexibility index (Phi) is 2.63. The monoisotopic (exact) mass is 166 g/mol. The number of aromatic amines is 1. The molecule has 0 saturated carbocycles. The average molecular weight is 166 g/mol. The fraction of sp³-hybridized carbons (Fsp3) is 0.250. The Morgan fingerprint density at radius 2 is 2.42 bits per heavy atom. The predicted octanol–water partition coefficient (Wildman–Crippen LogP) is 0.125. The summed E-state index contributed by atoms with van der Waals surface area (Å²) in [6.07, 6.45) is 2.89. The third-order valence-electron chi connectivity index (χ3n) is 1.41. The number of nitrogens with one attached hydrogen (secondary N) is 2. The number of pyridine rings is 1. The van der Waals surface area contributed by atoms with Crippen molar-refractivity contribution >= 4 is 5.91 Å². The van der Waals surface area contributed by atoms with Gasteiger partial charge < -0.3 is 10.3 Å².